The predicted molar refractivity (Wildman–Crippen MR) is 158 cm³/mol. The van der Waals surface area contributed by atoms with Gasteiger partial charge in [-0.25, -0.2) is 22.2 Å². The first-order valence-corrected chi connectivity index (χ1v) is 14.8. The molecular formula is C29H30N8O4S. The number of rotatable bonds is 7. The molecule has 4 aromatic heterocycles. The topological polar surface area (TPSA) is 136 Å². The van der Waals surface area contributed by atoms with Crippen LogP contribution in [0.1, 0.15) is 45.8 Å². The number of benzene rings is 1. The number of fused-ring (bicyclic) bond motifs is 2. The molecule has 5 aromatic rings. The molecule has 42 heavy (non-hydrogen) atoms. The lowest BCUT2D eigenvalue weighted by Gasteiger charge is -2.22. The molecule has 0 spiro atoms. The van der Waals surface area contributed by atoms with Crippen LogP contribution in [0.25, 0.3) is 16.4 Å². The third-order valence-electron chi connectivity index (χ3n) is 6.93. The third-order valence-corrected chi connectivity index (χ3v) is 8.75. The van der Waals surface area contributed by atoms with Crippen LogP contribution < -0.4 is 10.9 Å². The minimum atomic E-state index is -3.62. The molecule has 5 rings (SSSR count). The van der Waals surface area contributed by atoms with E-state index >= 15 is 0 Å². The second kappa shape index (κ2) is 11.2. The average molecular weight is 587 g/mol. The van der Waals surface area contributed by atoms with Crippen molar-refractivity contribution >= 4 is 32.4 Å². The molecular weight excluding hydrogens is 556 g/mol. The maximum atomic E-state index is 14.1. The number of nitrogens with zero attached hydrogens (tertiary/aromatic N) is 7. The van der Waals surface area contributed by atoms with Crippen LogP contribution in [-0.2, 0) is 23.6 Å². The van der Waals surface area contributed by atoms with Crippen LogP contribution >= 0.6 is 0 Å². The molecule has 0 aliphatic rings. The van der Waals surface area contributed by atoms with Gasteiger partial charge in [0.1, 0.15) is 5.56 Å². The Balaban J connectivity index is 1.60. The molecule has 0 aliphatic heterocycles. The number of hydrogen-bond donors (Lipinski definition) is 1. The number of carbonyl (C=O) groups excluding carboxylic acids is 1. The van der Waals surface area contributed by atoms with Crippen molar-refractivity contribution in [3.05, 3.63) is 93.6 Å². The zero-order chi connectivity index (χ0) is 30.2. The summed E-state index contributed by atoms with van der Waals surface area (Å²) in [7, 11) is 1.06. The molecule has 1 amide bonds. The summed E-state index contributed by atoms with van der Waals surface area (Å²) in [6.45, 7) is 3.35. The Morgan fingerprint density at radius 3 is 2.69 bits per heavy atom. The van der Waals surface area contributed by atoms with E-state index in [9.17, 15) is 18.0 Å². The van der Waals surface area contributed by atoms with Crippen molar-refractivity contribution in [2.24, 2.45) is 7.05 Å². The van der Waals surface area contributed by atoms with Crippen LogP contribution in [-0.4, -0.2) is 67.4 Å². The number of nitrogens with one attached hydrogen (secondary N) is 1. The Morgan fingerprint density at radius 1 is 1.19 bits per heavy atom. The summed E-state index contributed by atoms with van der Waals surface area (Å²) in [5.41, 5.74) is 2.48. The van der Waals surface area contributed by atoms with E-state index in [0.717, 1.165) is 4.31 Å². The Bertz CT molecular complexity index is 2060. The third kappa shape index (κ3) is 5.54. The molecule has 0 aliphatic carbocycles. The lowest BCUT2D eigenvalue weighted by atomic mass is 10.0. The van der Waals surface area contributed by atoms with Crippen LogP contribution in [0.15, 0.2) is 59.9 Å². The molecule has 4 heterocycles. The molecule has 0 saturated carbocycles. The lowest BCUT2D eigenvalue weighted by molar-refractivity contribution is 0.0939. The number of pyridine rings is 1. The summed E-state index contributed by atoms with van der Waals surface area (Å²) >= 11 is 0. The number of carbonyl (C=O) groups is 1. The fraction of sp³-hybridized carbons (Fsp3) is 0.276. The highest BCUT2D eigenvalue weighted by Gasteiger charge is 2.24. The minimum Gasteiger partial charge on any atom is -0.344 e. The fourth-order valence-corrected chi connectivity index (χ4v) is 5.51. The van der Waals surface area contributed by atoms with Gasteiger partial charge in [0.25, 0.3) is 11.5 Å². The van der Waals surface area contributed by atoms with Crippen molar-refractivity contribution in [1.29, 1.82) is 0 Å². The van der Waals surface area contributed by atoms with Crippen LogP contribution in [0, 0.1) is 18.8 Å². The van der Waals surface area contributed by atoms with Gasteiger partial charge in [0.2, 0.25) is 10.0 Å². The second-order valence-corrected chi connectivity index (χ2v) is 12.4. The predicted octanol–water partition coefficient (Wildman–Crippen LogP) is 1.87. The second-order valence-electron chi connectivity index (χ2n) is 10.1. The van der Waals surface area contributed by atoms with E-state index in [1.54, 1.807) is 80.7 Å². The first-order chi connectivity index (χ1) is 20.0. The molecule has 12 nitrogen and oxygen atoms in total. The standard InChI is InChI=1S/C29H30N8O4S/c1-19(32-28(38)25-20(2)33-37-13-7-12-30-27(25)37)24-16-23-9-6-8-22(11-10-21-17-31-35(5)18-21)26(23)29(39)36(24)14-15-42(40,41)34(3)4/h6-9,12-13,16-19H,14-15H2,1-5H3,(H,32,38). The number of sulfonamides is 1. The van der Waals surface area contributed by atoms with Crippen LogP contribution in [0.2, 0.25) is 0 Å². The van der Waals surface area contributed by atoms with Gasteiger partial charge in [-0.2, -0.15) is 10.2 Å². The summed E-state index contributed by atoms with van der Waals surface area (Å²) in [6, 6.07) is 8.19. The first-order valence-electron chi connectivity index (χ1n) is 13.1. The van der Waals surface area contributed by atoms with Crippen LogP contribution in [0.3, 0.4) is 0 Å². The molecule has 1 unspecified atom stereocenters. The van der Waals surface area contributed by atoms with E-state index in [1.807, 2.05) is 0 Å². The molecule has 216 valence electrons. The maximum absolute atomic E-state index is 14.1. The highest BCUT2D eigenvalue weighted by molar-refractivity contribution is 7.89. The van der Waals surface area contributed by atoms with Crippen molar-refractivity contribution in [2.75, 3.05) is 19.8 Å². The van der Waals surface area contributed by atoms with Crippen molar-refractivity contribution in [3.8, 4) is 11.8 Å². The van der Waals surface area contributed by atoms with Crippen molar-refractivity contribution in [2.45, 2.75) is 26.4 Å². The van der Waals surface area contributed by atoms with E-state index in [-0.39, 0.29) is 12.3 Å². The summed E-state index contributed by atoms with van der Waals surface area (Å²) in [5, 5.41) is 12.4. The lowest BCUT2D eigenvalue weighted by Crippen LogP contribution is -2.35. The van der Waals surface area contributed by atoms with Gasteiger partial charge in [-0.15, -0.1) is 0 Å². The Hall–Kier alpha value is -4.80. The molecule has 1 aromatic carbocycles. The van der Waals surface area contributed by atoms with Gasteiger partial charge in [0, 0.05) is 57.5 Å². The quantitative estimate of drug-likeness (QED) is 0.288. The van der Waals surface area contributed by atoms with Crippen molar-refractivity contribution < 1.29 is 13.2 Å². The molecule has 13 heteroatoms. The van der Waals surface area contributed by atoms with Crippen LogP contribution in [0.5, 0.6) is 0 Å². The Labute approximate surface area is 242 Å². The fourth-order valence-electron chi connectivity index (χ4n) is 4.73. The van der Waals surface area contributed by atoms with Crippen molar-refractivity contribution in [3.63, 3.8) is 0 Å². The maximum Gasteiger partial charge on any atom is 0.259 e. The van der Waals surface area contributed by atoms with E-state index in [1.165, 1.54) is 23.2 Å². The first kappa shape index (κ1) is 28.7. The van der Waals surface area contributed by atoms with E-state index < -0.39 is 27.5 Å². The normalized spacial score (nSPS) is 12.4. The van der Waals surface area contributed by atoms with Gasteiger partial charge in [0.05, 0.1) is 34.6 Å². The molecule has 0 radical (unpaired) electrons. The molecule has 0 saturated heterocycles. The zero-order valence-electron chi connectivity index (χ0n) is 23.9. The van der Waals surface area contributed by atoms with Gasteiger partial charge in [-0.3, -0.25) is 14.3 Å². The van der Waals surface area contributed by atoms with Gasteiger partial charge in [-0.1, -0.05) is 24.0 Å². The number of amides is 1. The van der Waals surface area contributed by atoms with Gasteiger partial charge in [0.15, 0.2) is 5.65 Å². The van der Waals surface area contributed by atoms with Crippen molar-refractivity contribution in [1.82, 2.24) is 38.6 Å². The molecule has 0 bridgehead atoms. The number of aryl methyl sites for hydroxylation is 2. The number of aromatic nitrogens is 6. The molecule has 1 N–H and O–H groups in total. The summed E-state index contributed by atoms with van der Waals surface area (Å²) in [5.74, 6) is 5.39. The van der Waals surface area contributed by atoms with E-state index in [2.05, 4.69) is 32.3 Å². The molecule has 0 fully saturated rings. The summed E-state index contributed by atoms with van der Waals surface area (Å²) in [6.07, 6.45) is 6.69. The number of hydrogen-bond acceptors (Lipinski definition) is 7. The smallest absolute Gasteiger partial charge is 0.259 e. The summed E-state index contributed by atoms with van der Waals surface area (Å²) < 4.78 is 31.0. The van der Waals surface area contributed by atoms with Gasteiger partial charge in [-0.05, 0) is 37.4 Å². The Morgan fingerprint density at radius 2 is 1.98 bits per heavy atom. The largest absolute Gasteiger partial charge is 0.344 e. The van der Waals surface area contributed by atoms with Gasteiger partial charge < -0.3 is 9.88 Å². The highest BCUT2D eigenvalue weighted by atomic mass is 32.2. The van der Waals surface area contributed by atoms with Crippen LogP contribution in [0.4, 0.5) is 0 Å². The van der Waals surface area contributed by atoms with Gasteiger partial charge >= 0.3 is 0 Å². The van der Waals surface area contributed by atoms with E-state index in [4.69, 9.17) is 0 Å². The zero-order valence-corrected chi connectivity index (χ0v) is 24.7. The van der Waals surface area contributed by atoms with E-state index in [0.29, 0.717) is 44.5 Å². The average Bonchev–Trinajstić information content (AvgIpc) is 3.52. The monoisotopic (exact) mass is 586 g/mol. The highest BCUT2D eigenvalue weighted by Crippen LogP contribution is 2.22. The summed E-state index contributed by atoms with van der Waals surface area (Å²) in [4.78, 5) is 31.8. The Kier molecular flexibility index (Phi) is 7.68. The SMILES string of the molecule is Cc1nn2cccnc2c1C(=O)NC(C)c1cc2cccc(C#Cc3cnn(C)c3)c2c(=O)n1CCS(=O)(=O)N(C)C. The minimum absolute atomic E-state index is 0.119. The molecule has 1 atom stereocenters.